The van der Waals surface area contributed by atoms with Crippen molar-refractivity contribution in [1.82, 2.24) is 0 Å². The number of aliphatic hydroxyl groups excluding tert-OH is 1. The molecule has 1 aromatic rings. The summed E-state index contributed by atoms with van der Waals surface area (Å²) < 4.78 is 12.0. The Morgan fingerprint density at radius 3 is 3.05 bits per heavy atom. The van der Waals surface area contributed by atoms with Gasteiger partial charge in [0, 0.05) is 12.2 Å². The second-order valence-corrected chi connectivity index (χ2v) is 6.13. The third-order valence-corrected chi connectivity index (χ3v) is 5.21. The standard InChI is InChI=1S/C16H20O3/c1-9-4-5-12(18-2)13-14(9)16(6-3-7-17)11-8-10(11)15(13)19-16/h4-5,10-11,15,17H,3,6-8H2,1-2H3/t10?,11?,15-,16?/m0/s1. The molecule has 0 radical (unpaired) electrons. The number of ether oxygens (including phenoxy) is 2. The van der Waals surface area contributed by atoms with Gasteiger partial charge in [-0.2, -0.15) is 0 Å². The number of fused-ring (bicyclic) bond motifs is 8. The maximum Gasteiger partial charge on any atom is 0.125 e. The molecule has 2 bridgehead atoms. The lowest BCUT2D eigenvalue weighted by Crippen LogP contribution is -2.28. The normalized spacial score (nSPS) is 37.1. The van der Waals surface area contributed by atoms with E-state index in [9.17, 15) is 5.11 Å². The minimum atomic E-state index is -0.133. The molecule has 2 fully saturated rings. The van der Waals surface area contributed by atoms with Gasteiger partial charge in [0.15, 0.2) is 0 Å². The predicted molar refractivity (Wildman–Crippen MR) is 71.2 cm³/mol. The van der Waals surface area contributed by atoms with E-state index in [0.29, 0.717) is 11.8 Å². The van der Waals surface area contributed by atoms with E-state index in [-0.39, 0.29) is 18.3 Å². The molecule has 19 heavy (non-hydrogen) atoms. The monoisotopic (exact) mass is 260 g/mol. The van der Waals surface area contributed by atoms with Crippen molar-refractivity contribution in [1.29, 1.82) is 0 Å². The van der Waals surface area contributed by atoms with Crippen molar-refractivity contribution in [3.8, 4) is 5.75 Å². The Balaban J connectivity index is 1.88. The molecule has 4 rings (SSSR count). The molecule has 3 aliphatic rings. The van der Waals surface area contributed by atoms with Gasteiger partial charge in [-0.3, -0.25) is 0 Å². The molecule has 0 spiro atoms. The molecule has 1 N–H and O–H groups in total. The van der Waals surface area contributed by atoms with Crippen LogP contribution < -0.4 is 4.74 Å². The first kappa shape index (κ1) is 11.7. The van der Waals surface area contributed by atoms with Crippen LogP contribution in [0.4, 0.5) is 0 Å². The van der Waals surface area contributed by atoms with Gasteiger partial charge in [0.05, 0.1) is 18.8 Å². The molecular weight excluding hydrogens is 240 g/mol. The van der Waals surface area contributed by atoms with E-state index in [0.717, 1.165) is 18.6 Å². The van der Waals surface area contributed by atoms with E-state index in [1.807, 2.05) is 0 Å². The summed E-state index contributed by atoms with van der Waals surface area (Å²) in [6.07, 6.45) is 3.25. The highest BCUT2D eigenvalue weighted by atomic mass is 16.5. The summed E-state index contributed by atoms with van der Waals surface area (Å²) in [4.78, 5) is 0. The fourth-order valence-electron chi connectivity index (χ4n) is 4.45. The van der Waals surface area contributed by atoms with Crippen molar-refractivity contribution in [2.45, 2.75) is 37.9 Å². The highest BCUT2D eigenvalue weighted by molar-refractivity contribution is 5.56. The van der Waals surface area contributed by atoms with Gasteiger partial charge in [0.25, 0.3) is 0 Å². The fourth-order valence-corrected chi connectivity index (χ4v) is 4.45. The lowest BCUT2D eigenvalue weighted by Gasteiger charge is -2.30. The summed E-state index contributed by atoms with van der Waals surface area (Å²) >= 11 is 0. The first-order valence-electron chi connectivity index (χ1n) is 7.19. The molecule has 1 aliphatic carbocycles. The van der Waals surface area contributed by atoms with Crippen molar-refractivity contribution in [2.75, 3.05) is 13.7 Å². The number of aliphatic hydroxyl groups is 1. The average molecular weight is 260 g/mol. The van der Waals surface area contributed by atoms with Crippen LogP contribution in [-0.2, 0) is 10.3 Å². The molecule has 1 aromatic carbocycles. The van der Waals surface area contributed by atoms with Gasteiger partial charge in [0.2, 0.25) is 0 Å². The van der Waals surface area contributed by atoms with Crippen LogP contribution in [0, 0.1) is 18.8 Å². The van der Waals surface area contributed by atoms with E-state index in [2.05, 4.69) is 19.1 Å². The molecule has 3 heteroatoms. The average Bonchev–Trinajstić information content (AvgIpc) is 3.09. The molecule has 1 saturated heterocycles. The molecule has 0 aromatic heterocycles. The summed E-state index contributed by atoms with van der Waals surface area (Å²) in [7, 11) is 1.74. The lowest BCUT2D eigenvalue weighted by molar-refractivity contribution is -0.0609. The van der Waals surface area contributed by atoms with Gasteiger partial charge in [-0.15, -0.1) is 0 Å². The molecule has 0 amide bonds. The van der Waals surface area contributed by atoms with Crippen LogP contribution in [0.5, 0.6) is 5.75 Å². The summed E-state index contributed by atoms with van der Waals surface area (Å²) in [5.41, 5.74) is 3.83. The zero-order valence-electron chi connectivity index (χ0n) is 11.5. The van der Waals surface area contributed by atoms with Gasteiger partial charge in [0.1, 0.15) is 5.75 Å². The number of benzene rings is 1. The van der Waals surface area contributed by atoms with Crippen molar-refractivity contribution >= 4 is 0 Å². The van der Waals surface area contributed by atoms with Gasteiger partial charge >= 0.3 is 0 Å². The van der Waals surface area contributed by atoms with Crippen LogP contribution in [-0.4, -0.2) is 18.8 Å². The van der Waals surface area contributed by atoms with Crippen LogP contribution in [0.15, 0.2) is 12.1 Å². The van der Waals surface area contributed by atoms with Crippen LogP contribution >= 0.6 is 0 Å². The Bertz CT molecular complexity index is 539. The van der Waals surface area contributed by atoms with E-state index in [1.165, 1.54) is 23.1 Å². The van der Waals surface area contributed by atoms with E-state index < -0.39 is 0 Å². The third-order valence-electron chi connectivity index (χ3n) is 5.21. The van der Waals surface area contributed by atoms with E-state index in [1.54, 1.807) is 7.11 Å². The van der Waals surface area contributed by atoms with Gasteiger partial charge < -0.3 is 14.6 Å². The van der Waals surface area contributed by atoms with Crippen LogP contribution in [0.2, 0.25) is 0 Å². The highest BCUT2D eigenvalue weighted by Crippen LogP contribution is 2.74. The second-order valence-electron chi connectivity index (χ2n) is 6.13. The van der Waals surface area contributed by atoms with Crippen molar-refractivity contribution in [3.63, 3.8) is 0 Å². The van der Waals surface area contributed by atoms with Gasteiger partial charge in [-0.1, -0.05) is 6.07 Å². The number of methoxy groups -OCH3 is 1. The Morgan fingerprint density at radius 2 is 2.32 bits per heavy atom. The van der Waals surface area contributed by atoms with Gasteiger partial charge in [-0.25, -0.2) is 0 Å². The molecule has 2 heterocycles. The predicted octanol–water partition coefficient (Wildman–Crippen LogP) is 2.69. The summed E-state index contributed by atoms with van der Waals surface area (Å²) in [6, 6.07) is 4.20. The Labute approximate surface area is 113 Å². The molecule has 4 atom stereocenters. The summed E-state index contributed by atoms with van der Waals surface area (Å²) in [6.45, 7) is 2.41. The lowest BCUT2D eigenvalue weighted by atomic mass is 9.77. The number of hydrogen-bond acceptors (Lipinski definition) is 3. The number of rotatable bonds is 4. The van der Waals surface area contributed by atoms with Crippen molar-refractivity contribution in [3.05, 3.63) is 28.8 Å². The quantitative estimate of drug-likeness (QED) is 0.904. The van der Waals surface area contributed by atoms with Crippen LogP contribution in [0.3, 0.4) is 0 Å². The zero-order valence-corrected chi connectivity index (χ0v) is 11.5. The Morgan fingerprint density at radius 1 is 1.47 bits per heavy atom. The Kier molecular flexibility index (Phi) is 2.31. The summed E-state index contributed by atoms with van der Waals surface area (Å²) in [5.74, 6) is 2.33. The third kappa shape index (κ3) is 1.30. The second kappa shape index (κ2) is 3.74. The zero-order chi connectivity index (χ0) is 13.2. The highest BCUT2D eigenvalue weighted by Gasteiger charge is 2.70. The van der Waals surface area contributed by atoms with Crippen molar-refractivity contribution in [2.24, 2.45) is 11.8 Å². The molecule has 102 valence electrons. The Hall–Kier alpha value is -1.06. The maximum absolute atomic E-state index is 9.19. The summed E-state index contributed by atoms with van der Waals surface area (Å²) in [5, 5.41) is 9.19. The van der Waals surface area contributed by atoms with Crippen LogP contribution in [0.1, 0.15) is 42.1 Å². The molecular formula is C16H20O3. The molecule has 2 aliphatic heterocycles. The SMILES string of the molecule is COc1ccc(C)c2c1[C@H]1OC2(CCCO)C2CC21. The number of aryl methyl sites for hydroxylation is 1. The topological polar surface area (TPSA) is 38.7 Å². The van der Waals surface area contributed by atoms with Crippen molar-refractivity contribution < 1.29 is 14.6 Å². The largest absolute Gasteiger partial charge is 0.496 e. The maximum atomic E-state index is 9.19. The molecule has 1 saturated carbocycles. The number of hydrogen-bond donors (Lipinski definition) is 1. The first-order chi connectivity index (χ1) is 9.23. The van der Waals surface area contributed by atoms with Gasteiger partial charge in [-0.05, 0) is 55.2 Å². The van der Waals surface area contributed by atoms with Crippen LogP contribution in [0.25, 0.3) is 0 Å². The first-order valence-corrected chi connectivity index (χ1v) is 7.19. The molecule has 3 nitrogen and oxygen atoms in total. The smallest absolute Gasteiger partial charge is 0.125 e. The minimum absolute atomic E-state index is 0.133. The molecule has 3 unspecified atom stereocenters. The minimum Gasteiger partial charge on any atom is -0.496 e. The van der Waals surface area contributed by atoms with E-state index in [4.69, 9.17) is 9.47 Å². The fraction of sp³-hybridized carbons (Fsp3) is 0.625. The van der Waals surface area contributed by atoms with E-state index >= 15 is 0 Å².